The number of hydrogen-bond acceptors (Lipinski definition) is 8. The van der Waals surface area contributed by atoms with Crippen LogP contribution in [0.25, 0.3) is 6.08 Å². The molecule has 0 saturated heterocycles. The van der Waals surface area contributed by atoms with Crippen LogP contribution in [-0.4, -0.2) is 53.2 Å². The summed E-state index contributed by atoms with van der Waals surface area (Å²) in [4.78, 5) is 31.5. The summed E-state index contributed by atoms with van der Waals surface area (Å²) in [7, 11) is 4.99. The third-order valence-corrected chi connectivity index (χ3v) is 9.38. The first-order valence-electron chi connectivity index (χ1n) is 15.5. The number of ether oxygens (including phenoxy) is 5. The molecule has 1 aliphatic carbocycles. The molecule has 2 aliphatic heterocycles. The minimum atomic E-state index is -1.52. The monoisotopic (exact) mass is 616 g/mol. The number of imidazole rings is 1. The van der Waals surface area contributed by atoms with E-state index in [4.69, 9.17) is 23.7 Å². The Morgan fingerprint density at radius 3 is 2.58 bits per heavy atom. The van der Waals surface area contributed by atoms with Crippen LogP contribution in [0, 0.1) is 23.7 Å². The molecule has 6 atom stereocenters. The quantitative estimate of drug-likeness (QED) is 0.193. The Labute approximate surface area is 265 Å². The van der Waals surface area contributed by atoms with Gasteiger partial charge < -0.3 is 28.3 Å². The van der Waals surface area contributed by atoms with Crippen LogP contribution in [-0.2, 0) is 42.2 Å². The molecule has 5 rings (SSSR count). The van der Waals surface area contributed by atoms with E-state index >= 15 is 0 Å². The van der Waals surface area contributed by atoms with Gasteiger partial charge in [0.25, 0.3) is 0 Å². The molecule has 0 fully saturated rings. The number of allylic oxidation sites excluding steroid dienone is 3. The van der Waals surface area contributed by atoms with Gasteiger partial charge in [-0.2, -0.15) is 0 Å². The Balaban J connectivity index is 1.50. The summed E-state index contributed by atoms with van der Waals surface area (Å²) in [6.07, 6.45) is 15.1. The van der Waals surface area contributed by atoms with Gasteiger partial charge in [-0.05, 0) is 86.3 Å². The number of carbonyl (C=O) groups excluding carboxylic acids is 2. The summed E-state index contributed by atoms with van der Waals surface area (Å²) >= 11 is 0. The highest BCUT2D eigenvalue weighted by Crippen LogP contribution is 2.50. The first-order chi connectivity index (χ1) is 21.5. The molecule has 0 unspecified atom stereocenters. The number of aryl methyl sites for hydroxylation is 1. The Morgan fingerprint density at radius 1 is 1.18 bits per heavy atom. The van der Waals surface area contributed by atoms with E-state index in [9.17, 15) is 9.59 Å². The van der Waals surface area contributed by atoms with Gasteiger partial charge in [-0.15, -0.1) is 0 Å². The second-order valence-corrected chi connectivity index (χ2v) is 12.7. The number of fused-ring (bicyclic) bond motifs is 3. The Kier molecular flexibility index (Phi) is 9.51. The molecular formula is C36H44N2O7. The third-order valence-electron chi connectivity index (χ3n) is 9.38. The van der Waals surface area contributed by atoms with Gasteiger partial charge in [0.05, 0.1) is 24.7 Å². The molecule has 9 nitrogen and oxygen atoms in total. The van der Waals surface area contributed by atoms with E-state index in [2.05, 4.69) is 31.8 Å². The minimum absolute atomic E-state index is 0.00445. The zero-order valence-electron chi connectivity index (χ0n) is 27.2. The van der Waals surface area contributed by atoms with Gasteiger partial charge >= 0.3 is 11.9 Å². The molecule has 0 spiro atoms. The van der Waals surface area contributed by atoms with Gasteiger partial charge in [0.1, 0.15) is 24.1 Å². The topological polar surface area (TPSA) is 98.1 Å². The molecule has 0 amide bonds. The van der Waals surface area contributed by atoms with E-state index in [1.54, 1.807) is 25.6 Å². The van der Waals surface area contributed by atoms with Gasteiger partial charge in [0, 0.05) is 26.4 Å². The zero-order chi connectivity index (χ0) is 32.4. The maximum absolute atomic E-state index is 14.0. The van der Waals surface area contributed by atoms with E-state index in [0.29, 0.717) is 18.0 Å². The SMILES string of the molecule is COc1ccc(COC(=O)/C2=C/[C@@H]3[C@@H](C(C)C)CC=C(C)[C@@H]3C[C@H](OC(=O)/C=C/c3cn(C)cn3)[C@]3(C)C=C[C@@]2(OC)O3)cc1. The van der Waals surface area contributed by atoms with Crippen molar-refractivity contribution in [1.82, 2.24) is 9.55 Å². The van der Waals surface area contributed by atoms with Gasteiger partial charge in [-0.25, -0.2) is 14.6 Å². The largest absolute Gasteiger partial charge is 0.497 e. The smallest absolute Gasteiger partial charge is 0.339 e. The van der Waals surface area contributed by atoms with Crippen LogP contribution in [0.1, 0.15) is 51.8 Å². The number of hydrogen-bond donors (Lipinski definition) is 0. The van der Waals surface area contributed by atoms with Crippen LogP contribution < -0.4 is 4.74 Å². The maximum Gasteiger partial charge on any atom is 0.339 e. The molecule has 0 saturated carbocycles. The van der Waals surface area contributed by atoms with Gasteiger partial charge in [-0.3, -0.25) is 0 Å². The average Bonchev–Trinajstić information content (AvgIpc) is 3.62. The molecule has 240 valence electrons. The molecule has 2 aromatic rings. The second kappa shape index (κ2) is 13.2. The second-order valence-electron chi connectivity index (χ2n) is 12.7. The van der Waals surface area contributed by atoms with Crippen LogP contribution in [0.4, 0.5) is 0 Å². The molecule has 0 radical (unpaired) electrons. The van der Waals surface area contributed by atoms with Crippen molar-refractivity contribution in [2.24, 2.45) is 30.7 Å². The van der Waals surface area contributed by atoms with Crippen molar-refractivity contribution in [1.29, 1.82) is 0 Å². The van der Waals surface area contributed by atoms with Crippen molar-refractivity contribution in [3.05, 3.63) is 89.6 Å². The third kappa shape index (κ3) is 6.84. The predicted molar refractivity (Wildman–Crippen MR) is 170 cm³/mol. The van der Waals surface area contributed by atoms with Crippen molar-refractivity contribution in [2.45, 2.75) is 64.6 Å². The Bertz CT molecular complexity index is 1520. The van der Waals surface area contributed by atoms with Crippen LogP contribution in [0.2, 0.25) is 0 Å². The van der Waals surface area contributed by atoms with E-state index in [1.807, 2.05) is 61.2 Å². The first kappa shape index (κ1) is 32.4. The fourth-order valence-electron chi connectivity index (χ4n) is 6.69. The fourth-order valence-corrected chi connectivity index (χ4v) is 6.69. The summed E-state index contributed by atoms with van der Waals surface area (Å²) in [5, 5.41) is 0. The Hall–Kier alpha value is -3.95. The maximum atomic E-state index is 14.0. The lowest BCUT2D eigenvalue weighted by atomic mass is 9.65. The molecule has 1 aromatic carbocycles. The number of nitrogens with zero attached hydrogens (tertiary/aromatic N) is 2. The highest BCUT2D eigenvalue weighted by Gasteiger charge is 2.55. The first-order valence-corrected chi connectivity index (χ1v) is 15.5. The van der Waals surface area contributed by atoms with Crippen molar-refractivity contribution in [3.63, 3.8) is 0 Å². The summed E-state index contributed by atoms with van der Waals surface area (Å²) in [6, 6.07) is 7.38. The summed E-state index contributed by atoms with van der Waals surface area (Å²) in [6.45, 7) is 8.46. The normalized spacial score (nSPS) is 30.5. The van der Waals surface area contributed by atoms with Crippen LogP contribution in [0.3, 0.4) is 0 Å². The number of esters is 2. The van der Waals surface area contributed by atoms with Crippen molar-refractivity contribution < 1.29 is 33.3 Å². The summed E-state index contributed by atoms with van der Waals surface area (Å²) in [5.41, 5.74) is 1.88. The molecular weight excluding hydrogens is 572 g/mol. The average molecular weight is 617 g/mol. The predicted octanol–water partition coefficient (Wildman–Crippen LogP) is 5.97. The summed E-state index contributed by atoms with van der Waals surface area (Å²) < 4.78 is 31.9. The number of rotatable bonds is 9. The van der Waals surface area contributed by atoms with Crippen LogP contribution >= 0.6 is 0 Å². The van der Waals surface area contributed by atoms with Gasteiger partial charge in [-0.1, -0.05) is 43.7 Å². The minimum Gasteiger partial charge on any atom is -0.497 e. The van der Waals surface area contributed by atoms with E-state index < -0.39 is 29.4 Å². The highest BCUT2D eigenvalue weighted by molar-refractivity contribution is 5.91. The molecule has 3 heterocycles. The van der Waals surface area contributed by atoms with Gasteiger partial charge in [0.2, 0.25) is 5.79 Å². The lowest BCUT2D eigenvalue weighted by Gasteiger charge is -2.41. The molecule has 45 heavy (non-hydrogen) atoms. The van der Waals surface area contributed by atoms with Crippen LogP contribution in [0.15, 0.2) is 78.3 Å². The Morgan fingerprint density at radius 2 is 1.93 bits per heavy atom. The summed E-state index contributed by atoms with van der Waals surface area (Å²) in [5.74, 6) is -1.30. The molecule has 2 bridgehead atoms. The molecule has 1 aromatic heterocycles. The molecule has 9 heteroatoms. The zero-order valence-corrected chi connectivity index (χ0v) is 27.2. The van der Waals surface area contributed by atoms with E-state index in [1.165, 1.54) is 18.8 Å². The number of aromatic nitrogens is 2. The fraction of sp³-hybridized carbons (Fsp3) is 0.472. The van der Waals surface area contributed by atoms with Crippen LogP contribution in [0.5, 0.6) is 5.75 Å². The molecule has 3 aliphatic rings. The van der Waals surface area contributed by atoms with E-state index in [-0.39, 0.29) is 29.9 Å². The van der Waals surface area contributed by atoms with E-state index in [0.717, 1.165) is 17.7 Å². The number of methoxy groups -OCH3 is 2. The van der Waals surface area contributed by atoms with Crippen molar-refractivity contribution >= 4 is 18.0 Å². The highest BCUT2D eigenvalue weighted by atomic mass is 16.7. The number of carbonyl (C=O) groups is 2. The van der Waals surface area contributed by atoms with Crippen molar-refractivity contribution in [3.8, 4) is 5.75 Å². The lowest BCUT2D eigenvalue weighted by molar-refractivity contribution is -0.227. The van der Waals surface area contributed by atoms with Gasteiger partial charge in [0.15, 0.2) is 0 Å². The van der Waals surface area contributed by atoms with Crippen molar-refractivity contribution in [2.75, 3.05) is 14.2 Å². The molecule has 0 N–H and O–H groups in total. The number of benzene rings is 1. The lowest BCUT2D eigenvalue weighted by Crippen LogP contribution is -2.48. The standard InChI is InChI=1S/C36H44N2O7/c1-23(2)28-14-8-24(3)29-19-32(44-33(39)15-11-26-20-38(5)22-37-26)35(4)16-17-36(42-7,45-35)31(18-30(28)29)34(40)43-21-25-9-12-27(41-6)13-10-25/h8-13,15-18,20,22-23,28-30,32H,14,19,21H2,1-7H3/b15-11+,31-18-/t28-,29+,30-,32+,35+,36-/m1/s1.